The Labute approximate surface area is 115 Å². The van der Waals surface area contributed by atoms with E-state index in [-0.39, 0.29) is 19.1 Å². The van der Waals surface area contributed by atoms with Gasteiger partial charge in [0.15, 0.2) is 5.82 Å². The molecular weight excluding hydrogens is 266 g/mol. The van der Waals surface area contributed by atoms with Crippen LogP contribution >= 0.6 is 0 Å². The van der Waals surface area contributed by atoms with Crippen molar-refractivity contribution in [2.24, 2.45) is 0 Å². The Morgan fingerprint density at radius 2 is 2.15 bits per heavy atom. The predicted molar refractivity (Wildman–Crippen MR) is 65.7 cm³/mol. The summed E-state index contributed by atoms with van der Waals surface area (Å²) in [5.41, 5.74) is -1.14. The van der Waals surface area contributed by atoms with Gasteiger partial charge in [0.05, 0.1) is 0 Å². The first-order chi connectivity index (χ1) is 9.52. The SMILES string of the molecule is Cc1noc(COCC(=O)NC2(C(=O)O)CCCC2)n1. The monoisotopic (exact) mass is 283 g/mol. The summed E-state index contributed by atoms with van der Waals surface area (Å²) in [6, 6.07) is 0. The lowest BCUT2D eigenvalue weighted by Crippen LogP contribution is -2.53. The van der Waals surface area contributed by atoms with Gasteiger partial charge in [-0.05, 0) is 19.8 Å². The van der Waals surface area contributed by atoms with E-state index < -0.39 is 17.4 Å². The normalized spacial score (nSPS) is 17.1. The zero-order chi connectivity index (χ0) is 14.6. The van der Waals surface area contributed by atoms with Gasteiger partial charge >= 0.3 is 5.97 Å². The number of carbonyl (C=O) groups is 2. The van der Waals surface area contributed by atoms with Crippen LogP contribution in [0.1, 0.15) is 37.4 Å². The predicted octanol–water partition coefficient (Wildman–Crippen LogP) is 0.408. The highest BCUT2D eigenvalue weighted by Gasteiger charge is 2.42. The number of amides is 1. The van der Waals surface area contributed by atoms with E-state index in [0.717, 1.165) is 12.8 Å². The molecular formula is C12H17N3O5. The lowest BCUT2D eigenvalue weighted by atomic mass is 9.98. The van der Waals surface area contributed by atoms with E-state index in [1.54, 1.807) is 6.92 Å². The smallest absolute Gasteiger partial charge is 0.329 e. The fourth-order valence-electron chi connectivity index (χ4n) is 2.30. The van der Waals surface area contributed by atoms with Crippen molar-refractivity contribution in [3.63, 3.8) is 0 Å². The second-order valence-electron chi connectivity index (χ2n) is 4.87. The van der Waals surface area contributed by atoms with Gasteiger partial charge in [-0.25, -0.2) is 4.79 Å². The maximum absolute atomic E-state index is 11.7. The second kappa shape index (κ2) is 6.00. The summed E-state index contributed by atoms with van der Waals surface area (Å²) in [6.07, 6.45) is 2.51. The molecule has 2 N–H and O–H groups in total. The average Bonchev–Trinajstić information content (AvgIpc) is 2.99. The molecule has 0 bridgehead atoms. The lowest BCUT2D eigenvalue weighted by Gasteiger charge is -2.25. The summed E-state index contributed by atoms with van der Waals surface area (Å²) in [7, 11) is 0. The number of aromatic nitrogens is 2. The number of carboxylic acid groups (broad SMARTS) is 1. The summed E-state index contributed by atoms with van der Waals surface area (Å²) in [5.74, 6) is -0.672. The van der Waals surface area contributed by atoms with Crippen molar-refractivity contribution in [2.45, 2.75) is 44.8 Å². The van der Waals surface area contributed by atoms with Gasteiger partial charge in [0.25, 0.3) is 5.89 Å². The molecule has 0 radical (unpaired) electrons. The van der Waals surface area contributed by atoms with E-state index in [0.29, 0.717) is 18.7 Å². The van der Waals surface area contributed by atoms with Gasteiger partial charge in [0.1, 0.15) is 18.8 Å². The van der Waals surface area contributed by atoms with Crippen molar-refractivity contribution in [3.05, 3.63) is 11.7 Å². The minimum absolute atomic E-state index is 0.0222. The molecule has 1 aromatic heterocycles. The van der Waals surface area contributed by atoms with Crippen LogP contribution in [-0.2, 0) is 20.9 Å². The van der Waals surface area contributed by atoms with Crippen LogP contribution in [0.2, 0.25) is 0 Å². The standard InChI is InChI=1S/C12H17N3O5/c1-8-13-10(20-15-8)7-19-6-9(16)14-12(11(17)18)4-2-3-5-12/h2-7H2,1H3,(H,14,16)(H,17,18). The van der Waals surface area contributed by atoms with Crippen molar-refractivity contribution >= 4 is 11.9 Å². The van der Waals surface area contributed by atoms with E-state index in [1.165, 1.54) is 0 Å². The van der Waals surface area contributed by atoms with Gasteiger partial charge in [-0.2, -0.15) is 4.98 Å². The van der Waals surface area contributed by atoms with Gasteiger partial charge < -0.3 is 19.7 Å². The van der Waals surface area contributed by atoms with Crippen molar-refractivity contribution in [3.8, 4) is 0 Å². The largest absolute Gasteiger partial charge is 0.480 e. The molecule has 110 valence electrons. The number of hydrogen-bond acceptors (Lipinski definition) is 6. The highest BCUT2D eigenvalue weighted by molar-refractivity contribution is 5.87. The van der Waals surface area contributed by atoms with Crippen molar-refractivity contribution in [1.82, 2.24) is 15.5 Å². The van der Waals surface area contributed by atoms with Gasteiger partial charge in [-0.1, -0.05) is 18.0 Å². The van der Waals surface area contributed by atoms with Gasteiger partial charge in [-0.3, -0.25) is 4.79 Å². The molecule has 1 amide bonds. The molecule has 1 saturated carbocycles. The number of carbonyl (C=O) groups excluding carboxylic acids is 1. The number of ether oxygens (including phenoxy) is 1. The molecule has 0 aliphatic heterocycles. The average molecular weight is 283 g/mol. The fraction of sp³-hybridized carbons (Fsp3) is 0.667. The molecule has 1 fully saturated rings. The summed E-state index contributed by atoms with van der Waals surface area (Å²) in [5, 5.41) is 15.4. The molecule has 0 spiro atoms. The minimum Gasteiger partial charge on any atom is -0.480 e. The molecule has 8 heteroatoms. The van der Waals surface area contributed by atoms with Crippen LogP contribution in [0.5, 0.6) is 0 Å². The zero-order valence-corrected chi connectivity index (χ0v) is 11.2. The number of nitrogens with one attached hydrogen (secondary N) is 1. The van der Waals surface area contributed by atoms with Crippen LogP contribution in [0.25, 0.3) is 0 Å². The van der Waals surface area contributed by atoms with Crippen LogP contribution in [-0.4, -0.2) is 39.3 Å². The third-order valence-electron chi connectivity index (χ3n) is 3.27. The molecule has 0 aromatic carbocycles. The number of carboxylic acids is 1. The first kappa shape index (κ1) is 14.4. The van der Waals surface area contributed by atoms with Crippen LogP contribution in [0.15, 0.2) is 4.52 Å². The molecule has 8 nitrogen and oxygen atoms in total. The van der Waals surface area contributed by atoms with Crippen LogP contribution < -0.4 is 5.32 Å². The molecule has 0 unspecified atom stereocenters. The van der Waals surface area contributed by atoms with E-state index in [4.69, 9.17) is 9.26 Å². The van der Waals surface area contributed by atoms with Crippen molar-refractivity contribution < 1.29 is 24.0 Å². The number of hydrogen-bond donors (Lipinski definition) is 2. The topological polar surface area (TPSA) is 115 Å². The molecule has 1 aliphatic carbocycles. The Hall–Kier alpha value is -1.96. The number of nitrogens with zero attached hydrogens (tertiary/aromatic N) is 2. The molecule has 1 aromatic rings. The van der Waals surface area contributed by atoms with Gasteiger partial charge in [0, 0.05) is 0 Å². The Bertz CT molecular complexity index is 493. The summed E-state index contributed by atoms with van der Waals surface area (Å²) in [6.45, 7) is 1.46. The highest BCUT2D eigenvalue weighted by Crippen LogP contribution is 2.29. The first-order valence-corrected chi connectivity index (χ1v) is 6.43. The van der Waals surface area contributed by atoms with Crippen molar-refractivity contribution in [2.75, 3.05) is 6.61 Å². The van der Waals surface area contributed by atoms with E-state index >= 15 is 0 Å². The zero-order valence-electron chi connectivity index (χ0n) is 11.2. The molecule has 0 saturated heterocycles. The summed E-state index contributed by atoms with van der Waals surface area (Å²) < 4.78 is 9.95. The summed E-state index contributed by atoms with van der Waals surface area (Å²) in [4.78, 5) is 26.9. The van der Waals surface area contributed by atoms with Crippen LogP contribution in [0.4, 0.5) is 0 Å². The molecule has 1 aliphatic rings. The first-order valence-electron chi connectivity index (χ1n) is 6.43. The summed E-state index contributed by atoms with van der Waals surface area (Å²) >= 11 is 0. The Morgan fingerprint density at radius 3 is 2.70 bits per heavy atom. The van der Waals surface area contributed by atoms with E-state index in [1.807, 2.05) is 0 Å². The molecule has 1 heterocycles. The van der Waals surface area contributed by atoms with Crippen LogP contribution in [0.3, 0.4) is 0 Å². The molecule has 2 rings (SSSR count). The maximum atomic E-state index is 11.7. The lowest BCUT2D eigenvalue weighted by molar-refractivity contribution is -0.148. The number of aliphatic carboxylic acids is 1. The number of aryl methyl sites for hydroxylation is 1. The quantitative estimate of drug-likeness (QED) is 0.776. The Balaban J connectivity index is 1.78. The third-order valence-corrected chi connectivity index (χ3v) is 3.27. The Kier molecular flexibility index (Phi) is 4.33. The minimum atomic E-state index is -1.14. The van der Waals surface area contributed by atoms with Crippen molar-refractivity contribution in [1.29, 1.82) is 0 Å². The fourth-order valence-corrected chi connectivity index (χ4v) is 2.30. The maximum Gasteiger partial charge on any atom is 0.329 e. The van der Waals surface area contributed by atoms with Gasteiger partial charge in [0.2, 0.25) is 5.91 Å². The van der Waals surface area contributed by atoms with E-state index in [9.17, 15) is 14.7 Å². The third kappa shape index (κ3) is 3.32. The number of rotatable bonds is 6. The Morgan fingerprint density at radius 1 is 1.45 bits per heavy atom. The molecule has 20 heavy (non-hydrogen) atoms. The highest BCUT2D eigenvalue weighted by atomic mass is 16.5. The van der Waals surface area contributed by atoms with E-state index in [2.05, 4.69) is 15.5 Å². The molecule has 0 atom stereocenters. The second-order valence-corrected chi connectivity index (χ2v) is 4.87. The van der Waals surface area contributed by atoms with Gasteiger partial charge in [-0.15, -0.1) is 0 Å². The van der Waals surface area contributed by atoms with Crippen LogP contribution in [0, 0.1) is 6.92 Å².